The third kappa shape index (κ3) is 5.19. The Balaban J connectivity index is 1.81. The SMILES string of the molecule is CC(CC(O)c1ccco1)NC(=O)CC(O)c1cccc(F)c1. The largest absolute Gasteiger partial charge is 0.467 e. The lowest BCUT2D eigenvalue weighted by molar-refractivity contribution is -0.123. The van der Waals surface area contributed by atoms with Gasteiger partial charge < -0.3 is 19.9 Å². The third-order valence-corrected chi connectivity index (χ3v) is 3.47. The highest BCUT2D eigenvalue weighted by molar-refractivity contribution is 5.76. The van der Waals surface area contributed by atoms with Crippen LogP contribution in [0.1, 0.15) is 43.3 Å². The monoisotopic (exact) mass is 321 g/mol. The Morgan fingerprint density at radius 2 is 2.04 bits per heavy atom. The summed E-state index contributed by atoms with van der Waals surface area (Å²) in [5, 5.41) is 22.6. The molecule has 0 radical (unpaired) electrons. The molecule has 23 heavy (non-hydrogen) atoms. The highest BCUT2D eigenvalue weighted by atomic mass is 19.1. The molecular formula is C17H20FNO4. The topological polar surface area (TPSA) is 82.7 Å². The third-order valence-electron chi connectivity index (χ3n) is 3.47. The summed E-state index contributed by atoms with van der Waals surface area (Å²) in [6.07, 6.45) is -0.307. The Morgan fingerprint density at radius 1 is 1.26 bits per heavy atom. The number of nitrogens with one attached hydrogen (secondary N) is 1. The maximum absolute atomic E-state index is 13.1. The molecule has 3 atom stereocenters. The van der Waals surface area contributed by atoms with Gasteiger partial charge in [0.1, 0.15) is 17.7 Å². The zero-order valence-electron chi connectivity index (χ0n) is 12.8. The minimum absolute atomic E-state index is 0.176. The van der Waals surface area contributed by atoms with Crippen LogP contribution in [-0.2, 0) is 4.79 Å². The minimum atomic E-state index is -1.08. The van der Waals surface area contributed by atoms with E-state index >= 15 is 0 Å². The van der Waals surface area contributed by atoms with Gasteiger partial charge in [-0.3, -0.25) is 4.79 Å². The molecular weight excluding hydrogens is 301 g/mol. The van der Waals surface area contributed by atoms with Crippen molar-refractivity contribution >= 4 is 5.91 Å². The van der Waals surface area contributed by atoms with Crippen LogP contribution >= 0.6 is 0 Å². The summed E-state index contributed by atoms with van der Waals surface area (Å²) in [7, 11) is 0. The number of hydrogen-bond donors (Lipinski definition) is 3. The van der Waals surface area contributed by atoms with Crippen LogP contribution in [0.25, 0.3) is 0 Å². The lowest BCUT2D eigenvalue weighted by atomic mass is 10.1. The van der Waals surface area contributed by atoms with E-state index in [1.165, 1.54) is 24.5 Å². The summed E-state index contributed by atoms with van der Waals surface area (Å²) in [6, 6.07) is 8.54. The molecule has 1 heterocycles. The maximum atomic E-state index is 13.1. The molecule has 5 nitrogen and oxygen atoms in total. The molecule has 0 fully saturated rings. The first kappa shape index (κ1) is 17.2. The molecule has 1 amide bonds. The van der Waals surface area contributed by atoms with E-state index in [1.807, 2.05) is 0 Å². The molecule has 2 aromatic rings. The number of aliphatic hydroxyl groups excluding tert-OH is 2. The molecule has 2 rings (SSSR count). The predicted octanol–water partition coefficient (Wildman–Crippen LogP) is 2.47. The van der Waals surface area contributed by atoms with Crippen LogP contribution in [-0.4, -0.2) is 22.2 Å². The summed E-state index contributed by atoms with van der Waals surface area (Å²) in [4.78, 5) is 11.9. The van der Waals surface area contributed by atoms with Gasteiger partial charge in [0.2, 0.25) is 5.91 Å². The van der Waals surface area contributed by atoms with Crippen molar-refractivity contribution in [3.05, 3.63) is 59.8 Å². The van der Waals surface area contributed by atoms with Crippen molar-refractivity contribution in [2.45, 2.75) is 38.0 Å². The summed E-state index contributed by atoms with van der Waals surface area (Å²) in [5.74, 6) is -0.399. The van der Waals surface area contributed by atoms with Crippen LogP contribution in [0.5, 0.6) is 0 Å². The Labute approximate surface area is 133 Å². The minimum Gasteiger partial charge on any atom is -0.467 e. The van der Waals surface area contributed by atoms with Gasteiger partial charge >= 0.3 is 0 Å². The fraction of sp³-hybridized carbons (Fsp3) is 0.353. The van der Waals surface area contributed by atoms with Crippen molar-refractivity contribution < 1.29 is 23.8 Å². The normalized spacial score (nSPS) is 15.0. The smallest absolute Gasteiger partial charge is 0.223 e. The Morgan fingerprint density at radius 3 is 2.70 bits per heavy atom. The Hall–Kier alpha value is -2.18. The van der Waals surface area contributed by atoms with Crippen LogP contribution in [0.3, 0.4) is 0 Å². The molecule has 3 unspecified atom stereocenters. The number of rotatable bonds is 7. The first-order valence-electron chi connectivity index (χ1n) is 7.40. The molecule has 0 saturated heterocycles. The summed E-state index contributed by atoms with van der Waals surface area (Å²) < 4.78 is 18.2. The van der Waals surface area contributed by atoms with E-state index in [-0.39, 0.29) is 24.8 Å². The fourth-order valence-corrected chi connectivity index (χ4v) is 2.33. The van der Waals surface area contributed by atoms with Crippen molar-refractivity contribution in [2.24, 2.45) is 0 Å². The van der Waals surface area contributed by atoms with E-state index in [0.29, 0.717) is 11.3 Å². The number of hydrogen-bond acceptors (Lipinski definition) is 4. The predicted molar refractivity (Wildman–Crippen MR) is 81.9 cm³/mol. The summed E-state index contributed by atoms with van der Waals surface area (Å²) in [5.41, 5.74) is 0.350. The molecule has 0 aliphatic heterocycles. The molecule has 1 aromatic carbocycles. The first-order chi connectivity index (χ1) is 11.0. The van der Waals surface area contributed by atoms with Crippen LogP contribution < -0.4 is 5.32 Å². The van der Waals surface area contributed by atoms with E-state index in [9.17, 15) is 19.4 Å². The second-order valence-electron chi connectivity index (χ2n) is 5.51. The number of aliphatic hydroxyl groups is 2. The number of furan rings is 1. The first-order valence-corrected chi connectivity index (χ1v) is 7.40. The van der Waals surface area contributed by atoms with Crippen LogP contribution in [0.2, 0.25) is 0 Å². The van der Waals surface area contributed by atoms with Crippen LogP contribution in [0, 0.1) is 5.82 Å². The highest BCUT2D eigenvalue weighted by Crippen LogP contribution is 2.20. The lowest BCUT2D eigenvalue weighted by Crippen LogP contribution is -2.34. The molecule has 0 saturated carbocycles. The van der Waals surface area contributed by atoms with Crippen molar-refractivity contribution in [3.8, 4) is 0 Å². The van der Waals surface area contributed by atoms with Gasteiger partial charge in [0.05, 0.1) is 18.8 Å². The van der Waals surface area contributed by atoms with Gasteiger partial charge in [0.25, 0.3) is 0 Å². The van der Waals surface area contributed by atoms with Gasteiger partial charge in [-0.15, -0.1) is 0 Å². The second-order valence-corrected chi connectivity index (χ2v) is 5.51. The van der Waals surface area contributed by atoms with Crippen molar-refractivity contribution in [1.29, 1.82) is 0 Å². The van der Waals surface area contributed by atoms with E-state index in [0.717, 1.165) is 0 Å². The number of halogens is 1. The van der Waals surface area contributed by atoms with Crippen molar-refractivity contribution in [2.75, 3.05) is 0 Å². The highest BCUT2D eigenvalue weighted by Gasteiger charge is 2.18. The molecule has 1 aromatic heterocycles. The van der Waals surface area contributed by atoms with E-state index in [2.05, 4.69) is 5.32 Å². The van der Waals surface area contributed by atoms with Crippen molar-refractivity contribution in [1.82, 2.24) is 5.32 Å². The molecule has 3 N–H and O–H groups in total. The summed E-state index contributed by atoms with van der Waals surface area (Å²) >= 11 is 0. The van der Waals surface area contributed by atoms with Gasteiger partial charge in [0.15, 0.2) is 0 Å². The van der Waals surface area contributed by atoms with Gasteiger partial charge in [-0.2, -0.15) is 0 Å². The number of carbonyl (C=O) groups excluding carboxylic acids is 1. The van der Waals surface area contributed by atoms with Crippen LogP contribution in [0.15, 0.2) is 47.1 Å². The zero-order valence-corrected chi connectivity index (χ0v) is 12.8. The average molecular weight is 321 g/mol. The van der Waals surface area contributed by atoms with E-state index in [4.69, 9.17) is 4.42 Å². The van der Waals surface area contributed by atoms with Gasteiger partial charge in [-0.25, -0.2) is 4.39 Å². The molecule has 6 heteroatoms. The number of benzene rings is 1. The van der Waals surface area contributed by atoms with Crippen LogP contribution in [0.4, 0.5) is 4.39 Å². The zero-order chi connectivity index (χ0) is 16.8. The van der Waals surface area contributed by atoms with Gasteiger partial charge in [-0.05, 0) is 36.8 Å². The lowest BCUT2D eigenvalue weighted by Gasteiger charge is -2.18. The van der Waals surface area contributed by atoms with E-state index in [1.54, 1.807) is 25.1 Å². The molecule has 124 valence electrons. The Kier molecular flexibility index (Phi) is 5.90. The molecule has 0 aliphatic carbocycles. The summed E-state index contributed by atoms with van der Waals surface area (Å²) in [6.45, 7) is 1.75. The maximum Gasteiger partial charge on any atom is 0.223 e. The number of carbonyl (C=O) groups is 1. The van der Waals surface area contributed by atoms with Gasteiger partial charge in [0, 0.05) is 12.5 Å². The van der Waals surface area contributed by atoms with E-state index < -0.39 is 18.0 Å². The molecule has 0 spiro atoms. The second kappa shape index (κ2) is 7.89. The Bertz CT molecular complexity index is 629. The average Bonchev–Trinajstić information content (AvgIpc) is 3.01. The number of amides is 1. The quantitative estimate of drug-likeness (QED) is 0.731. The molecule has 0 aliphatic rings. The van der Waals surface area contributed by atoms with Crippen molar-refractivity contribution in [3.63, 3.8) is 0 Å². The molecule has 0 bridgehead atoms. The standard InChI is InChI=1S/C17H20FNO4/c1-11(8-15(21)16-6-3-7-23-16)19-17(22)10-14(20)12-4-2-5-13(18)9-12/h2-7,9,11,14-15,20-21H,8,10H2,1H3,(H,19,22). The fourth-order valence-electron chi connectivity index (χ4n) is 2.33. The van der Waals surface area contributed by atoms with Gasteiger partial charge in [-0.1, -0.05) is 12.1 Å².